The number of aromatic nitrogens is 1. The molecule has 1 N–H and O–H groups in total. The van der Waals surface area contributed by atoms with Crippen LogP contribution in [0.5, 0.6) is 0 Å². The molecule has 0 amide bonds. The molecule has 2 aromatic rings. The van der Waals surface area contributed by atoms with Gasteiger partial charge in [-0.3, -0.25) is 0 Å². The third-order valence-electron chi connectivity index (χ3n) is 3.62. The van der Waals surface area contributed by atoms with Crippen LogP contribution in [-0.4, -0.2) is 29.3 Å². The van der Waals surface area contributed by atoms with Crippen molar-refractivity contribution in [2.45, 2.75) is 31.7 Å². The summed E-state index contributed by atoms with van der Waals surface area (Å²) in [6.45, 7) is 1.08. The van der Waals surface area contributed by atoms with Gasteiger partial charge in [0, 0.05) is 6.54 Å². The van der Waals surface area contributed by atoms with E-state index in [1.165, 1.54) is 12.8 Å². The monoisotopic (exact) mass is 246 g/mol. The minimum absolute atomic E-state index is 0.139. The zero-order chi connectivity index (χ0) is 12.4. The van der Waals surface area contributed by atoms with E-state index in [0.29, 0.717) is 6.01 Å². The quantitative estimate of drug-likeness (QED) is 0.884. The summed E-state index contributed by atoms with van der Waals surface area (Å²) in [4.78, 5) is 6.64. The lowest BCUT2D eigenvalue weighted by Gasteiger charge is -2.26. The highest BCUT2D eigenvalue weighted by molar-refractivity contribution is 5.74. The molecular formula is C14H18N2O2. The van der Waals surface area contributed by atoms with Crippen LogP contribution < -0.4 is 4.90 Å². The average molecular weight is 246 g/mol. The number of anilines is 1. The summed E-state index contributed by atoms with van der Waals surface area (Å²) in [7, 11) is 0. The summed E-state index contributed by atoms with van der Waals surface area (Å²) in [5, 5.41) is 9.51. The van der Waals surface area contributed by atoms with Crippen LogP contribution in [0.4, 0.5) is 6.01 Å². The fourth-order valence-electron chi connectivity index (χ4n) is 2.60. The average Bonchev–Trinajstić information content (AvgIpc) is 2.68. The van der Waals surface area contributed by atoms with E-state index in [1.54, 1.807) is 0 Å². The van der Waals surface area contributed by atoms with Crippen molar-refractivity contribution in [2.24, 2.45) is 0 Å². The zero-order valence-electron chi connectivity index (χ0n) is 10.4. The first-order chi connectivity index (χ1) is 8.88. The van der Waals surface area contributed by atoms with Crippen LogP contribution in [0.1, 0.15) is 25.7 Å². The Labute approximate surface area is 106 Å². The number of benzene rings is 1. The zero-order valence-corrected chi connectivity index (χ0v) is 10.4. The van der Waals surface area contributed by atoms with Crippen molar-refractivity contribution in [1.29, 1.82) is 0 Å². The molecule has 1 aliphatic rings. The summed E-state index contributed by atoms with van der Waals surface area (Å²) >= 11 is 0. The minimum atomic E-state index is 0.139. The molecule has 1 aliphatic heterocycles. The molecule has 1 aromatic carbocycles. The van der Waals surface area contributed by atoms with Crippen molar-refractivity contribution in [2.75, 3.05) is 18.1 Å². The van der Waals surface area contributed by atoms with Crippen LogP contribution in [0.3, 0.4) is 0 Å². The van der Waals surface area contributed by atoms with Gasteiger partial charge in [0.2, 0.25) is 0 Å². The number of aliphatic hydroxyl groups is 1. The van der Waals surface area contributed by atoms with E-state index in [-0.39, 0.29) is 12.6 Å². The van der Waals surface area contributed by atoms with Gasteiger partial charge < -0.3 is 14.4 Å². The molecule has 1 fully saturated rings. The van der Waals surface area contributed by atoms with Gasteiger partial charge in [0.15, 0.2) is 5.58 Å². The van der Waals surface area contributed by atoms with Gasteiger partial charge in [0.25, 0.3) is 6.01 Å². The van der Waals surface area contributed by atoms with Gasteiger partial charge in [-0.15, -0.1) is 0 Å². The second kappa shape index (κ2) is 4.98. The van der Waals surface area contributed by atoms with Crippen molar-refractivity contribution < 1.29 is 9.52 Å². The maximum atomic E-state index is 9.51. The SMILES string of the molecule is OCC1CCCCCN1c1nc2ccccc2o1. The van der Waals surface area contributed by atoms with Gasteiger partial charge in [-0.1, -0.05) is 25.0 Å². The third-order valence-corrected chi connectivity index (χ3v) is 3.62. The van der Waals surface area contributed by atoms with Gasteiger partial charge >= 0.3 is 0 Å². The summed E-state index contributed by atoms with van der Waals surface area (Å²) in [5.74, 6) is 0. The maximum absolute atomic E-state index is 9.51. The van der Waals surface area contributed by atoms with Crippen LogP contribution >= 0.6 is 0 Å². The summed E-state index contributed by atoms with van der Waals surface area (Å²) in [6, 6.07) is 8.58. The number of aliphatic hydroxyl groups excluding tert-OH is 1. The first-order valence-electron chi connectivity index (χ1n) is 6.61. The Morgan fingerprint density at radius 2 is 2.17 bits per heavy atom. The van der Waals surface area contributed by atoms with Crippen LogP contribution in [0, 0.1) is 0 Å². The van der Waals surface area contributed by atoms with Crippen molar-refractivity contribution >= 4 is 17.1 Å². The molecule has 1 atom stereocenters. The smallest absolute Gasteiger partial charge is 0.298 e. The van der Waals surface area contributed by atoms with Gasteiger partial charge in [-0.25, -0.2) is 0 Å². The predicted octanol–water partition coefficient (Wildman–Crippen LogP) is 2.57. The third kappa shape index (κ3) is 2.08. The molecule has 18 heavy (non-hydrogen) atoms. The van der Waals surface area contributed by atoms with Crippen LogP contribution in [0.25, 0.3) is 11.1 Å². The maximum Gasteiger partial charge on any atom is 0.298 e. The van der Waals surface area contributed by atoms with Gasteiger partial charge in [-0.05, 0) is 25.0 Å². The fourth-order valence-corrected chi connectivity index (χ4v) is 2.60. The Balaban J connectivity index is 1.95. The Morgan fingerprint density at radius 3 is 3.00 bits per heavy atom. The van der Waals surface area contributed by atoms with Gasteiger partial charge in [0.05, 0.1) is 12.6 Å². The predicted molar refractivity (Wildman–Crippen MR) is 70.7 cm³/mol. The second-order valence-electron chi connectivity index (χ2n) is 4.84. The van der Waals surface area contributed by atoms with E-state index in [4.69, 9.17) is 4.42 Å². The molecule has 4 heteroatoms. The molecular weight excluding hydrogens is 228 g/mol. The number of hydrogen-bond acceptors (Lipinski definition) is 4. The highest BCUT2D eigenvalue weighted by atomic mass is 16.4. The number of rotatable bonds is 2. The van der Waals surface area contributed by atoms with Crippen molar-refractivity contribution in [3.63, 3.8) is 0 Å². The van der Waals surface area contributed by atoms with Crippen LogP contribution in [0.2, 0.25) is 0 Å². The molecule has 1 aromatic heterocycles. The first kappa shape index (κ1) is 11.5. The molecule has 1 saturated heterocycles. The molecule has 0 bridgehead atoms. The molecule has 96 valence electrons. The van der Waals surface area contributed by atoms with Gasteiger partial charge in [0.1, 0.15) is 5.52 Å². The fraction of sp³-hybridized carbons (Fsp3) is 0.500. The molecule has 4 nitrogen and oxygen atoms in total. The minimum Gasteiger partial charge on any atom is -0.423 e. The van der Waals surface area contributed by atoms with E-state index in [0.717, 1.165) is 30.5 Å². The number of hydrogen-bond donors (Lipinski definition) is 1. The molecule has 1 unspecified atom stereocenters. The van der Waals surface area contributed by atoms with Crippen molar-refractivity contribution in [1.82, 2.24) is 4.98 Å². The molecule has 0 radical (unpaired) electrons. The number of fused-ring (bicyclic) bond motifs is 1. The van der Waals surface area contributed by atoms with Crippen LogP contribution in [0.15, 0.2) is 28.7 Å². The van der Waals surface area contributed by atoms with E-state index < -0.39 is 0 Å². The summed E-state index contributed by atoms with van der Waals surface area (Å²) in [6.07, 6.45) is 4.53. The van der Waals surface area contributed by atoms with Crippen molar-refractivity contribution in [3.05, 3.63) is 24.3 Å². The molecule has 3 rings (SSSR count). The lowest BCUT2D eigenvalue weighted by atomic mass is 10.1. The van der Waals surface area contributed by atoms with E-state index in [1.807, 2.05) is 24.3 Å². The Bertz CT molecular complexity index is 490. The lowest BCUT2D eigenvalue weighted by molar-refractivity contribution is 0.251. The Kier molecular flexibility index (Phi) is 3.19. The topological polar surface area (TPSA) is 49.5 Å². The van der Waals surface area contributed by atoms with Crippen LogP contribution in [-0.2, 0) is 0 Å². The van der Waals surface area contributed by atoms with Crippen molar-refractivity contribution in [3.8, 4) is 0 Å². The highest BCUT2D eigenvalue weighted by Gasteiger charge is 2.24. The number of para-hydroxylation sites is 2. The Hall–Kier alpha value is -1.55. The number of oxazole rings is 1. The largest absolute Gasteiger partial charge is 0.423 e. The van der Waals surface area contributed by atoms with Gasteiger partial charge in [-0.2, -0.15) is 4.98 Å². The Morgan fingerprint density at radius 1 is 1.28 bits per heavy atom. The summed E-state index contributed by atoms with van der Waals surface area (Å²) < 4.78 is 5.80. The lowest BCUT2D eigenvalue weighted by Crippen LogP contribution is -2.37. The molecule has 0 spiro atoms. The summed E-state index contributed by atoms with van der Waals surface area (Å²) in [5.41, 5.74) is 1.70. The molecule has 2 heterocycles. The second-order valence-corrected chi connectivity index (χ2v) is 4.84. The molecule has 0 saturated carbocycles. The normalized spacial score (nSPS) is 21.2. The standard InChI is InChI=1S/C14H18N2O2/c17-10-11-6-2-1-5-9-16(11)14-15-12-7-3-4-8-13(12)18-14/h3-4,7-8,11,17H,1-2,5-6,9-10H2. The highest BCUT2D eigenvalue weighted by Crippen LogP contribution is 2.26. The first-order valence-corrected chi connectivity index (χ1v) is 6.61. The van der Waals surface area contributed by atoms with E-state index in [2.05, 4.69) is 9.88 Å². The number of nitrogens with zero attached hydrogens (tertiary/aromatic N) is 2. The molecule has 0 aliphatic carbocycles. The van der Waals surface area contributed by atoms with E-state index >= 15 is 0 Å². The van der Waals surface area contributed by atoms with E-state index in [9.17, 15) is 5.11 Å².